The molecule has 0 N–H and O–H groups in total. The molecule has 1 saturated carbocycles. The lowest BCUT2D eigenvalue weighted by Gasteiger charge is -2.26. The minimum atomic E-state index is 0.266. The average molecular weight is 249 g/mol. The first kappa shape index (κ1) is 11.6. The Labute approximate surface area is 109 Å². The first-order valence-electron chi connectivity index (χ1n) is 7.11. The maximum atomic E-state index is 6.46. The van der Waals surface area contributed by atoms with Gasteiger partial charge in [0.15, 0.2) is 0 Å². The van der Waals surface area contributed by atoms with Gasteiger partial charge in [-0.05, 0) is 54.7 Å². The summed E-state index contributed by atoms with van der Waals surface area (Å²) in [5, 5.41) is 0.266. The van der Waals surface area contributed by atoms with E-state index in [1.165, 1.54) is 56.1 Å². The lowest BCUT2D eigenvalue weighted by molar-refractivity contribution is 0.443. The second kappa shape index (κ2) is 5.02. The van der Waals surface area contributed by atoms with Crippen LogP contribution in [0.25, 0.3) is 0 Å². The summed E-state index contributed by atoms with van der Waals surface area (Å²) in [6, 6.07) is 7.12. The number of fused-ring (bicyclic) bond motifs is 1. The van der Waals surface area contributed by atoms with E-state index in [1.807, 2.05) is 0 Å². The largest absolute Gasteiger partial charge is 0.118 e. The van der Waals surface area contributed by atoms with Gasteiger partial charge in [-0.15, -0.1) is 11.6 Å². The monoisotopic (exact) mass is 248 g/mol. The molecule has 0 aromatic heterocycles. The summed E-state index contributed by atoms with van der Waals surface area (Å²) in [5.74, 6) is 0.805. The van der Waals surface area contributed by atoms with Crippen LogP contribution in [-0.2, 0) is 6.42 Å². The Morgan fingerprint density at radius 2 is 1.76 bits per heavy atom. The minimum Gasteiger partial charge on any atom is -0.118 e. The average Bonchev–Trinajstić information content (AvgIpc) is 2.40. The van der Waals surface area contributed by atoms with E-state index < -0.39 is 0 Å². The molecule has 1 aromatic rings. The summed E-state index contributed by atoms with van der Waals surface area (Å²) in [4.78, 5) is 0. The van der Waals surface area contributed by atoms with Gasteiger partial charge in [-0.2, -0.15) is 0 Å². The van der Waals surface area contributed by atoms with Crippen molar-refractivity contribution >= 4 is 11.6 Å². The molecule has 17 heavy (non-hydrogen) atoms. The predicted octanol–water partition coefficient (Wildman–Crippen LogP) is 5.35. The fraction of sp³-hybridized carbons (Fsp3) is 0.625. The Kier molecular flexibility index (Phi) is 3.42. The third kappa shape index (κ3) is 2.38. The lowest BCUT2D eigenvalue weighted by Crippen LogP contribution is -2.09. The zero-order valence-electron chi connectivity index (χ0n) is 10.4. The molecule has 0 bridgehead atoms. The van der Waals surface area contributed by atoms with Gasteiger partial charge in [-0.1, -0.05) is 37.5 Å². The zero-order valence-corrected chi connectivity index (χ0v) is 11.2. The normalized spacial score (nSPS) is 25.6. The Bertz CT molecular complexity index is 391. The van der Waals surface area contributed by atoms with Crippen molar-refractivity contribution in [3.63, 3.8) is 0 Å². The molecular weight excluding hydrogens is 228 g/mol. The van der Waals surface area contributed by atoms with E-state index in [0.717, 1.165) is 12.3 Å². The summed E-state index contributed by atoms with van der Waals surface area (Å²) in [6.07, 6.45) is 10.6. The smallest absolute Gasteiger partial charge is 0.0588 e. The maximum Gasteiger partial charge on any atom is 0.0588 e. The number of alkyl halides is 1. The molecule has 0 aliphatic heterocycles. The summed E-state index contributed by atoms with van der Waals surface area (Å²) in [7, 11) is 0. The van der Waals surface area contributed by atoms with Crippen LogP contribution in [0.15, 0.2) is 18.2 Å². The molecular formula is C16H21Cl. The maximum absolute atomic E-state index is 6.46. The third-order valence-corrected chi connectivity index (χ3v) is 4.94. The van der Waals surface area contributed by atoms with Crippen LogP contribution in [-0.4, -0.2) is 0 Å². The molecule has 0 saturated heterocycles. The van der Waals surface area contributed by atoms with Crippen molar-refractivity contribution in [1.29, 1.82) is 0 Å². The van der Waals surface area contributed by atoms with Crippen LogP contribution in [0.3, 0.4) is 0 Å². The molecule has 1 aromatic carbocycles. The van der Waals surface area contributed by atoms with E-state index in [0.29, 0.717) is 0 Å². The first-order valence-corrected chi connectivity index (χ1v) is 7.55. The molecule has 1 unspecified atom stereocenters. The number of benzene rings is 1. The van der Waals surface area contributed by atoms with Crippen molar-refractivity contribution in [1.82, 2.24) is 0 Å². The van der Waals surface area contributed by atoms with Gasteiger partial charge in [0.05, 0.1) is 5.38 Å². The molecule has 0 radical (unpaired) electrons. The Morgan fingerprint density at radius 1 is 0.941 bits per heavy atom. The van der Waals surface area contributed by atoms with E-state index in [4.69, 9.17) is 11.6 Å². The molecule has 0 heterocycles. The van der Waals surface area contributed by atoms with Crippen molar-refractivity contribution in [3.05, 3.63) is 34.9 Å². The highest BCUT2D eigenvalue weighted by Crippen LogP contribution is 2.39. The molecule has 1 heteroatoms. The van der Waals surface area contributed by atoms with Crippen molar-refractivity contribution < 1.29 is 0 Å². The second-order valence-electron chi connectivity index (χ2n) is 5.65. The SMILES string of the molecule is ClC1CCCc2ccc(C3CCCCC3)cc21. The highest BCUT2D eigenvalue weighted by atomic mass is 35.5. The number of rotatable bonds is 1. The number of aryl methyl sites for hydroxylation is 1. The Morgan fingerprint density at radius 3 is 2.59 bits per heavy atom. The van der Waals surface area contributed by atoms with Crippen LogP contribution < -0.4 is 0 Å². The highest BCUT2D eigenvalue weighted by molar-refractivity contribution is 6.21. The second-order valence-corrected chi connectivity index (χ2v) is 6.18. The number of hydrogen-bond acceptors (Lipinski definition) is 0. The van der Waals surface area contributed by atoms with Gasteiger partial charge in [-0.3, -0.25) is 0 Å². The first-order chi connectivity index (χ1) is 8.34. The minimum absolute atomic E-state index is 0.266. The number of halogens is 1. The third-order valence-electron chi connectivity index (χ3n) is 4.49. The van der Waals surface area contributed by atoms with Gasteiger partial charge >= 0.3 is 0 Å². The Hall–Kier alpha value is -0.490. The van der Waals surface area contributed by atoms with Crippen molar-refractivity contribution in [2.24, 2.45) is 0 Å². The molecule has 1 fully saturated rings. The zero-order chi connectivity index (χ0) is 11.7. The van der Waals surface area contributed by atoms with E-state index in [-0.39, 0.29) is 5.38 Å². The van der Waals surface area contributed by atoms with Gasteiger partial charge in [0, 0.05) is 0 Å². The predicted molar refractivity (Wildman–Crippen MR) is 73.8 cm³/mol. The molecule has 1 atom stereocenters. The van der Waals surface area contributed by atoms with Crippen LogP contribution in [0.1, 0.15) is 72.9 Å². The topological polar surface area (TPSA) is 0 Å². The van der Waals surface area contributed by atoms with Crippen molar-refractivity contribution in [2.45, 2.75) is 62.7 Å². The van der Waals surface area contributed by atoms with Crippen molar-refractivity contribution in [2.75, 3.05) is 0 Å². The van der Waals surface area contributed by atoms with Crippen LogP contribution in [0.4, 0.5) is 0 Å². The van der Waals surface area contributed by atoms with Gasteiger partial charge in [0.2, 0.25) is 0 Å². The highest BCUT2D eigenvalue weighted by Gasteiger charge is 2.21. The van der Waals surface area contributed by atoms with E-state index in [1.54, 1.807) is 5.56 Å². The van der Waals surface area contributed by atoms with Gasteiger partial charge in [0.25, 0.3) is 0 Å². The molecule has 2 aliphatic carbocycles. The fourth-order valence-corrected chi connectivity index (χ4v) is 3.81. The molecule has 2 aliphatic rings. The summed E-state index contributed by atoms with van der Waals surface area (Å²) in [6.45, 7) is 0. The Balaban J connectivity index is 1.88. The van der Waals surface area contributed by atoms with E-state index >= 15 is 0 Å². The van der Waals surface area contributed by atoms with E-state index in [9.17, 15) is 0 Å². The van der Waals surface area contributed by atoms with E-state index in [2.05, 4.69) is 18.2 Å². The fourth-order valence-electron chi connectivity index (χ4n) is 3.45. The molecule has 92 valence electrons. The molecule has 3 rings (SSSR count). The van der Waals surface area contributed by atoms with Crippen LogP contribution in [0.2, 0.25) is 0 Å². The van der Waals surface area contributed by atoms with Crippen LogP contribution in [0, 0.1) is 0 Å². The lowest BCUT2D eigenvalue weighted by atomic mass is 9.81. The van der Waals surface area contributed by atoms with Crippen LogP contribution in [0.5, 0.6) is 0 Å². The van der Waals surface area contributed by atoms with Gasteiger partial charge in [0.1, 0.15) is 0 Å². The van der Waals surface area contributed by atoms with Gasteiger partial charge in [-0.25, -0.2) is 0 Å². The van der Waals surface area contributed by atoms with Crippen LogP contribution >= 0.6 is 11.6 Å². The molecule has 0 nitrogen and oxygen atoms in total. The summed E-state index contributed by atoms with van der Waals surface area (Å²) < 4.78 is 0. The molecule has 0 amide bonds. The quantitative estimate of drug-likeness (QED) is 0.588. The summed E-state index contributed by atoms with van der Waals surface area (Å²) >= 11 is 6.46. The van der Waals surface area contributed by atoms with Gasteiger partial charge < -0.3 is 0 Å². The molecule has 0 spiro atoms. The standard InChI is InChI=1S/C16H21Cl/c17-16-8-4-7-13-9-10-14(11-15(13)16)12-5-2-1-3-6-12/h9-12,16H,1-8H2. The summed E-state index contributed by atoms with van der Waals surface area (Å²) in [5.41, 5.74) is 4.48. The van der Waals surface area contributed by atoms with Crippen molar-refractivity contribution in [3.8, 4) is 0 Å². The number of hydrogen-bond donors (Lipinski definition) is 0.